The van der Waals surface area contributed by atoms with Gasteiger partial charge in [-0.05, 0) is 119 Å². The average molecular weight is 761 g/mol. The predicted octanol–water partition coefficient (Wildman–Crippen LogP) is 14.1. The first-order valence-electron chi connectivity index (χ1n) is 20.4. The highest BCUT2D eigenvalue weighted by molar-refractivity contribution is 7.20. The van der Waals surface area contributed by atoms with Crippen molar-refractivity contribution in [1.82, 2.24) is 19.1 Å². The van der Waals surface area contributed by atoms with E-state index in [0.29, 0.717) is 11.9 Å². The number of rotatable bonds is 5. The SMILES string of the molecule is C1=CC(c2cc(-c3ccccc3)nc(-n3c4ccccc4c4c(-c5ccc6c(c5)c5ccccc5n6-c5ccc6sc7c(c6c5)C5CC5C=C7)cccc43)n2)=CCC1. The van der Waals surface area contributed by atoms with E-state index in [4.69, 9.17) is 9.97 Å². The van der Waals surface area contributed by atoms with E-state index >= 15 is 0 Å². The van der Waals surface area contributed by atoms with E-state index in [9.17, 15) is 0 Å². The van der Waals surface area contributed by atoms with Crippen molar-refractivity contribution in [2.45, 2.75) is 25.2 Å². The molecule has 58 heavy (non-hydrogen) atoms. The van der Waals surface area contributed by atoms with Gasteiger partial charge >= 0.3 is 0 Å². The molecule has 6 aromatic carbocycles. The maximum Gasteiger partial charge on any atom is 0.235 e. The molecule has 13 rings (SSSR count). The van der Waals surface area contributed by atoms with Crippen molar-refractivity contribution >= 4 is 76.7 Å². The van der Waals surface area contributed by atoms with Gasteiger partial charge in [-0.15, -0.1) is 11.3 Å². The Morgan fingerprint density at radius 2 is 1.36 bits per heavy atom. The van der Waals surface area contributed by atoms with Gasteiger partial charge in [-0.25, -0.2) is 9.97 Å². The lowest BCUT2D eigenvalue weighted by molar-refractivity contribution is 0.978. The Kier molecular flexibility index (Phi) is 6.87. The summed E-state index contributed by atoms with van der Waals surface area (Å²) < 4.78 is 6.12. The van der Waals surface area contributed by atoms with Gasteiger partial charge in [0.05, 0.1) is 33.5 Å². The summed E-state index contributed by atoms with van der Waals surface area (Å²) in [4.78, 5) is 12.0. The van der Waals surface area contributed by atoms with Crippen LogP contribution in [0.5, 0.6) is 0 Å². The number of allylic oxidation sites excluding steroid dienone is 5. The van der Waals surface area contributed by atoms with Gasteiger partial charge in [0, 0.05) is 42.4 Å². The molecule has 10 aromatic rings. The fourth-order valence-electron chi connectivity index (χ4n) is 9.88. The molecule has 5 heteroatoms. The van der Waals surface area contributed by atoms with Gasteiger partial charge in [0.25, 0.3) is 0 Å². The summed E-state index contributed by atoms with van der Waals surface area (Å²) in [7, 11) is 0. The Morgan fingerprint density at radius 3 is 2.24 bits per heavy atom. The third-order valence-corrected chi connectivity index (χ3v) is 13.8. The Bertz CT molecular complexity index is 3450. The maximum atomic E-state index is 5.31. The molecule has 0 radical (unpaired) electrons. The first kappa shape index (κ1) is 32.3. The van der Waals surface area contributed by atoms with Crippen molar-refractivity contribution in [3.05, 3.63) is 180 Å². The van der Waals surface area contributed by atoms with Crippen LogP contribution in [-0.2, 0) is 0 Å². The summed E-state index contributed by atoms with van der Waals surface area (Å²) in [5.41, 5.74) is 13.9. The van der Waals surface area contributed by atoms with Gasteiger partial charge in [-0.3, -0.25) is 4.57 Å². The molecule has 1 saturated carbocycles. The van der Waals surface area contributed by atoms with Gasteiger partial charge in [-0.1, -0.05) is 109 Å². The molecule has 3 aliphatic carbocycles. The van der Waals surface area contributed by atoms with Crippen molar-refractivity contribution in [2.75, 3.05) is 0 Å². The molecule has 4 nitrogen and oxygen atoms in total. The number of hydrogen-bond donors (Lipinski definition) is 0. The molecule has 2 unspecified atom stereocenters. The van der Waals surface area contributed by atoms with Crippen LogP contribution >= 0.6 is 11.3 Å². The van der Waals surface area contributed by atoms with Crippen LogP contribution in [0.4, 0.5) is 0 Å². The monoisotopic (exact) mass is 760 g/mol. The van der Waals surface area contributed by atoms with Crippen LogP contribution in [0.2, 0.25) is 0 Å². The minimum absolute atomic E-state index is 0.676. The summed E-state index contributed by atoms with van der Waals surface area (Å²) in [6, 6.07) is 51.1. The standard InChI is InChI=1S/C53H36N4S/c1-3-12-32(13-4-1)43-31-44(33-14-5-2-6-15-33)55-53(54-43)57-46-20-10-8-17-39(46)51-37(18-11-21-48(51)57)34-22-25-47-41(29-34)38-16-7-9-19-45(38)56(47)36-24-27-49-42(30-36)52-40-28-35(40)23-26-50(52)58-49/h1,3-5,7-27,29-31,35,40H,2,6,28H2. The van der Waals surface area contributed by atoms with Crippen LogP contribution in [0.1, 0.15) is 41.3 Å². The first-order valence-corrected chi connectivity index (χ1v) is 21.2. The molecular weight excluding hydrogens is 725 g/mol. The third kappa shape index (κ3) is 4.80. The average Bonchev–Trinajstić information content (AvgIpc) is 3.71. The van der Waals surface area contributed by atoms with Gasteiger partial charge in [0.15, 0.2) is 0 Å². The molecule has 0 N–H and O–H groups in total. The van der Waals surface area contributed by atoms with E-state index in [1.807, 2.05) is 11.3 Å². The van der Waals surface area contributed by atoms with Gasteiger partial charge in [0.2, 0.25) is 5.95 Å². The summed E-state index contributed by atoms with van der Waals surface area (Å²) in [6.07, 6.45) is 14.9. The minimum Gasteiger partial charge on any atom is -0.309 e. The normalized spacial score (nSPS) is 17.1. The van der Waals surface area contributed by atoms with E-state index in [2.05, 4.69) is 179 Å². The highest BCUT2D eigenvalue weighted by Gasteiger charge is 2.41. The van der Waals surface area contributed by atoms with Gasteiger partial charge in [-0.2, -0.15) is 0 Å². The lowest BCUT2D eigenvalue weighted by Crippen LogP contribution is -2.05. The molecule has 2 atom stereocenters. The van der Waals surface area contributed by atoms with Crippen LogP contribution in [0.3, 0.4) is 0 Å². The number of fused-ring (bicyclic) bond motifs is 11. The van der Waals surface area contributed by atoms with Crippen LogP contribution in [0.25, 0.3) is 99.4 Å². The Morgan fingerprint density at radius 1 is 0.569 bits per heavy atom. The number of hydrogen-bond acceptors (Lipinski definition) is 3. The van der Waals surface area contributed by atoms with Crippen LogP contribution in [0, 0.1) is 5.92 Å². The maximum absolute atomic E-state index is 5.31. The second-order valence-electron chi connectivity index (χ2n) is 16.0. The van der Waals surface area contributed by atoms with Crippen LogP contribution in [0.15, 0.2) is 164 Å². The van der Waals surface area contributed by atoms with Crippen molar-refractivity contribution in [3.63, 3.8) is 0 Å². The predicted molar refractivity (Wildman–Crippen MR) is 243 cm³/mol. The molecule has 1 fully saturated rings. The number of benzene rings is 6. The first-order chi connectivity index (χ1) is 28.7. The van der Waals surface area contributed by atoms with E-state index in [1.54, 1.807) is 5.56 Å². The van der Waals surface area contributed by atoms with Crippen molar-refractivity contribution in [1.29, 1.82) is 0 Å². The fraction of sp³-hybridized carbons (Fsp3) is 0.0943. The zero-order valence-corrected chi connectivity index (χ0v) is 32.5. The molecule has 0 bridgehead atoms. The summed E-state index contributed by atoms with van der Waals surface area (Å²) >= 11 is 1.94. The molecule has 0 spiro atoms. The zero-order chi connectivity index (χ0) is 37.9. The fourth-order valence-corrected chi connectivity index (χ4v) is 11.0. The Balaban J connectivity index is 1.01. The zero-order valence-electron chi connectivity index (χ0n) is 31.6. The topological polar surface area (TPSA) is 35.6 Å². The highest BCUT2D eigenvalue weighted by atomic mass is 32.1. The van der Waals surface area contributed by atoms with E-state index in [0.717, 1.165) is 52.3 Å². The largest absolute Gasteiger partial charge is 0.309 e. The number of nitrogens with zero attached hydrogens (tertiary/aromatic N) is 4. The van der Waals surface area contributed by atoms with Crippen molar-refractivity contribution < 1.29 is 0 Å². The van der Waals surface area contributed by atoms with Crippen LogP contribution in [-0.4, -0.2) is 19.1 Å². The molecule has 274 valence electrons. The summed E-state index contributed by atoms with van der Waals surface area (Å²) in [5.74, 6) is 2.08. The number of aromatic nitrogens is 4. The third-order valence-electron chi connectivity index (χ3n) is 12.7. The molecule has 4 heterocycles. The molecule has 4 aromatic heterocycles. The summed E-state index contributed by atoms with van der Waals surface area (Å²) in [6.45, 7) is 0. The van der Waals surface area contributed by atoms with Gasteiger partial charge in [0.1, 0.15) is 0 Å². The van der Waals surface area contributed by atoms with E-state index in [1.165, 1.54) is 70.8 Å². The smallest absolute Gasteiger partial charge is 0.235 e. The van der Waals surface area contributed by atoms with Crippen molar-refractivity contribution in [3.8, 4) is 34.0 Å². The van der Waals surface area contributed by atoms with E-state index < -0.39 is 0 Å². The highest BCUT2D eigenvalue weighted by Crippen LogP contribution is 2.57. The second-order valence-corrected chi connectivity index (χ2v) is 17.1. The quantitative estimate of drug-likeness (QED) is 0.175. The molecule has 0 aliphatic heterocycles. The molecule has 0 saturated heterocycles. The minimum atomic E-state index is 0.676. The lowest BCUT2D eigenvalue weighted by atomic mass is 9.98. The van der Waals surface area contributed by atoms with E-state index in [-0.39, 0.29) is 0 Å². The Hall–Kier alpha value is -6.82. The molecule has 0 amide bonds. The molecule has 3 aliphatic rings. The van der Waals surface area contributed by atoms with Crippen LogP contribution < -0.4 is 0 Å². The summed E-state index contributed by atoms with van der Waals surface area (Å²) in [5, 5.41) is 6.33. The van der Waals surface area contributed by atoms with Crippen molar-refractivity contribution in [2.24, 2.45) is 5.92 Å². The second kappa shape index (κ2) is 12.3. The van der Waals surface area contributed by atoms with Gasteiger partial charge < -0.3 is 4.57 Å². The number of thiophene rings is 1. The lowest BCUT2D eigenvalue weighted by Gasteiger charge is -2.13. The molecular formula is C53H36N4S. The number of para-hydroxylation sites is 2. The Labute approximate surface area is 339 Å².